The van der Waals surface area contributed by atoms with E-state index in [0.29, 0.717) is 6.61 Å². The maximum absolute atomic E-state index is 5.89. The Kier molecular flexibility index (Phi) is 3.00. The molecule has 1 aliphatic heterocycles. The fraction of sp³-hybridized carbons (Fsp3) is 0.615. The largest absolute Gasteiger partial charge is 0.482 e. The monoisotopic (exact) mass is 261 g/mol. The minimum Gasteiger partial charge on any atom is -0.482 e. The Labute approximate surface area is 112 Å². The van der Waals surface area contributed by atoms with Crippen LogP contribution in [0.15, 0.2) is 0 Å². The van der Waals surface area contributed by atoms with Crippen molar-refractivity contribution in [3.8, 4) is 5.75 Å². The maximum Gasteiger partial charge on any atom is 0.171 e. The van der Waals surface area contributed by atoms with Crippen molar-refractivity contribution in [2.45, 2.75) is 46.3 Å². The Balaban J connectivity index is 1.77. The van der Waals surface area contributed by atoms with Crippen LogP contribution in [0, 0.1) is 13.8 Å². The first kappa shape index (κ1) is 12.2. The summed E-state index contributed by atoms with van der Waals surface area (Å²) in [5.41, 5.74) is 1.95. The lowest BCUT2D eigenvalue weighted by atomic mass is 10.2. The van der Waals surface area contributed by atoms with E-state index in [1.165, 1.54) is 12.8 Å². The summed E-state index contributed by atoms with van der Waals surface area (Å²) in [5.74, 6) is 2.86. The number of hydrogen-bond acceptors (Lipinski definition) is 4. The van der Waals surface area contributed by atoms with Crippen molar-refractivity contribution in [2.24, 2.45) is 7.05 Å². The topological polar surface area (TPSA) is 57.8 Å². The van der Waals surface area contributed by atoms with E-state index in [-0.39, 0.29) is 0 Å². The highest BCUT2D eigenvalue weighted by atomic mass is 16.5. The van der Waals surface area contributed by atoms with Gasteiger partial charge in [-0.1, -0.05) is 0 Å². The standard InChI is InChI=1S/C13H19N5O/c1-9-13(10(2)17(3)16-9)19-8-12-15-14-11-6-4-5-7-18(11)12/h4-8H2,1-3H3. The van der Waals surface area contributed by atoms with E-state index < -0.39 is 0 Å². The Bertz CT molecular complexity index is 598. The van der Waals surface area contributed by atoms with Crippen molar-refractivity contribution in [3.05, 3.63) is 23.0 Å². The quantitative estimate of drug-likeness (QED) is 0.841. The van der Waals surface area contributed by atoms with Gasteiger partial charge in [0.25, 0.3) is 0 Å². The van der Waals surface area contributed by atoms with Gasteiger partial charge in [0, 0.05) is 20.0 Å². The fourth-order valence-electron chi connectivity index (χ4n) is 2.58. The number of hydrogen-bond donors (Lipinski definition) is 0. The molecule has 0 aromatic carbocycles. The molecule has 0 unspecified atom stereocenters. The molecule has 0 bridgehead atoms. The van der Waals surface area contributed by atoms with Crippen molar-refractivity contribution in [3.63, 3.8) is 0 Å². The molecule has 2 aromatic heterocycles. The summed E-state index contributed by atoms with van der Waals surface area (Å²) in [5, 5.41) is 12.8. The van der Waals surface area contributed by atoms with E-state index in [1.807, 2.05) is 25.6 Å². The van der Waals surface area contributed by atoms with E-state index in [4.69, 9.17) is 4.74 Å². The Morgan fingerprint density at radius 1 is 1.21 bits per heavy atom. The highest BCUT2D eigenvalue weighted by Gasteiger charge is 2.17. The second-order valence-corrected chi connectivity index (χ2v) is 5.05. The van der Waals surface area contributed by atoms with Gasteiger partial charge in [0.1, 0.15) is 18.1 Å². The van der Waals surface area contributed by atoms with Gasteiger partial charge < -0.3 is 9.30 Å². The van der Waals surface area contributed by atoms with E-state index in [1.54, 1.807) is 0 Å². The highest BCUT2D eigenvalue weighted by Crippen LogP contribution is 2.23. The molecule has 6 nitrogen and oxygen atoms in total. The summed E-state index contributed by atoms with van der Waals surface area (Å²) in [4.78, 5) is 0. The summed E-state index contributed by atoms with van der Waals surface area (Å²) in [6.07, 6.45) is 3.43. The molecule has 0 amide bonds. The molecule has 0 N–H and O–H groups in total. The van der Waals surface area contributed by atoms with Crippen LogP contribution in [0.3, 0.4) is 0 Å². The van der Waals surface area contributed by atoms with Crippen LogP contribution in [0.25, 0.3) is 0 Å². The van der Waals surface area contributed by atoms with E-state index in [9.17, 15) is 0 Å². The van der Waals surface area contributed by atoms with Crippen molar-refractivity contribution in [1.82, 2.24) is 24.5 Å². The van der Waals surface area contributed by atoms with Crippen LogP contribution in [0.1, 0.15) is 35.9 Å². The van der Waals surface area contributed by atoms with Crippen molar-refractivity contribution < 1.29 is 4.74 Å². The van der Waals surface area contributed by atoms with Crippen LogP contribution in [0.5, 0.6) is 5.75 Å². The van der Waals surface area contributed by atoms with Crippen LogP contribution in [0.4, 0.5) is 0 Å². The molecule has 102 valence electrons. The number of fused-ring (bicyclic) bond motifs is 1. The number of rotatable bonds is 3. The van der Waals surface area contributed by atoms with Crippen LogP contribution >= 0.6 is 0 Å². The fourth-order valence-corrected chi connectivity index (χ4v) is 2.58. The van der Waals surface area contributed by atoms with Gasteiger partial charge in [-0.25, -0.2) is 0 Å². The highest BCUT2D eigenvalue weighted by molar-refractivity contribution is 5.31. The van der Waals surface area contributed by atoms with Gasteiger partial charge in [-0.3, -0.25) is 4.68 Å². The summed E-state index contributed by atoms with van der Waals surface area (Å²) in [7, 11) is 1.92. The number of nitrogens with zero attached hydrogens (tertiary/aromatic N) is 5. The second kappa shape index (κ2) is 4.68. The van der Waals surface area contributed by atoms with Gasteiger partial charge in [0.05, 0.1) is 5.69 Å². The van der Waals surface area contributed by atoms with Gasteiger partial charge >= 0.3 is 0 Å². The molecule has 19 heavy (non-hydrogen) atoms. The summed E-state index contributed by atoms with van der Waals surface area (Å²) < 4.78 is 9.91. The van der Waals surface area contributed by atoms with Gasteiger partial charge in [-0.05, 0) is 26.7 Å². The van der Waals surface area contributed by atoms with E-state index in [2.05, 4.69) is 19.9 Å². The molecule has 2 aromatic rings. The molecule has 0 atom stereocenters. The van der Waals surface area contributed by atoms with Crippen LogP contribution in [-0.4, -0.2) is 24.5 Å². The zero-order valence-electron chi connectivity index (χ0n) is 11.7. The summed E-state index contributed by atoms with van der Waals surface area (Å²) in [6.45, 7) is 5.43. The average Bonchev–Trinajstić information content (AvgIpc) is 2.91. The predicted molar refractivity (Wildman–Crippen MR) is 70.0 cm³/mol. The summed E-state index contributed by atoms with van der Waals surface area (Å²) in [6, 6.07) is 0. The lowest BCUT2D eigenvalue weighted by molar-refractivity contribution is 0.282. The van der Waals surface area contributed by atoms with Crippen LogP contribution < -0.4 is 4.74 Å². The van der Waals surface area contributed by atoms with Gasteiger partial charge in [-0.2, -0.15) is 5.10 Å². The first-order valence-corrected chi connectivity index (χ1v) is 6.70. The molecule has 6 heteroatoms. The average molecular weight is 261 g/mol. The first-order valence-electron chi connectivity index (χ1n) is 6.70. The smallest absolute Gasteiger partial charge is 0.171 e. The Morgan fingerprint density at radius 2 is 2.05 bits per heavy atom. The molecular weight excluding hydrogens is 242 g/mol. The minimum atomic E-state index is 0.459. The number of ether oxygens (including phenoxy) is 1. The molecule has 0 saturated carbocycles. The normalized spacial score (nSPS) is 14.5. The molecule has 3 rings (SSSR count). The molecule has 0 radical (unpaired) electrons. The Hall–Kier alpha value is -1.85. The third-order valence-electron chi connectivity index (χ3n) is 3.72. The van der Waals surface area contributed by atoms with E-state index in [0.717, 1.165) is 41.8 Å². The van der Waals surface area contributed by atoms with Gasteiger partial charge in [0.2, 0.25) is 0 Å². The van der Waals surface area contributed by atoms with Crippen molar-refractivity contribution in [1.29, 1.82) is 0 Å². The number of aromatic nitrogens is 5. The molecular formula is C13H19N5O. The Morgan fingerprint density at radius 3 is 2.79 bits per heavy atom. The molecule has 0 spiro atoms. The first-order chi connectivity index (χ1) is 9.16. The molecule has 0 saturated heterocycles. The summed E-state index contributed by atoms with van der Waals surface area (Å²) >= 11 is 0. The zero-order chi connectivity index (χ0) is 13.4. The van der Waals surface area contributed by atoms with Crippen molar-refractivity contribution in [2.75, 3.05) is 0 Å². The maximum atomic E-state index is 5.89. The van der Waals surface area contributed by atoms with Crippen molar-refractivity contribution >= 4 is 0 Å². The third-order valence-corrected chi connectivity index (χ3v) is 3.72. The van der Waals surface area contributed by atoms with Gasteiger partial charge in [-0.15, -0.1) is 10.2 Å². The number of aryl methyl sites for hydroxylation is 3. The lowest BCUT2D eigenvalue weighted by Gasteiger charge is -2.14. The third kappa shape index (κ3) is 2.11. The SMILES string of the molecule is Cc1nn(C)c(C)c1OCc1nnc2n1CCCC2. The van der Waals surface area contributed by atoms with Crippen LogP contribution in [0.2, 0.25) is 0 Å². The molecule has 1 aliphatic rings. The molecule has 0 fully saturated rings. The molecule has 3 heterocycles. The zero-order valence-corrected chi connectivity index (χ0v) is 11.7. The van der Waals surface area contributed by atoms with Crippen LogP contribution in [-0.2, 0) is 26.6 Å². The lowest BCUT2D eigenvalue weighted by Crippen LogP contribution is -2.14. The predicted octanol–water partition coefficient (Wildman–Crippen LogP) is 1.54. The van der Waals surface area contributed by atoms with E-state index >= 15 is 0 Å². The molecule has 0 aliphatic carbocycles. The minimum absolute atomic E-state index is 0.459. The van der Waals surface area contributed by atoms with Gasteiger partial charge in [0.15, 0.2) is 11.6 Å². The second-order valence-electron chi connectivity index (χ2n) is 5.05.